The third-order valence-electron chi connectivity index (χ3n) is 5.38. The number of rotatable bonds is 8. The maximum Gasteiger partial charge on any atom is 0.0197 e. The number of piperidine rings is 1. The molecule has 2 fully saturated rings. The summed E-state index contributed by atoms with van der Waals surface area (Å²) in [5, 5.41) is 4.00. The second kappa shape index (κ2) is 9.04. The first-order valence-corrected chi connectivity index (χ1v) is 9.31. The molecule has 0 aromatic heterocycles. The molecule has 1 N–H and O–H groups in total. The largest absolute Gasteiger partial charge is 0.310 e. The first-order valence-electron chi connectivity index (χ1n) is 9.31. The monoisotopic (exact) mass is 280 g/mol. The Kier molecular flexibility index (Phi) is 7.37. The van der Waals surface area contributed by atoms with E-state index in [2.05, 4.69) is 24.1 Å². The minimum Gasteiger partial charge on any atom is -0.310 e. The average molecular weight is 280 g/mol. The van der Waals surface area contributed by atoms with Crippen LogP contribution in [0.4, 0.5) is 0 Å². The Bertz CT molecular complexity index is 246. The highest BCUT2D eigenvalue weighted by atomic mass is 15.2. The molecule has 3 unspecified atom stereocenters. The predicted octanol–water partition coefficient (Wildman–Crippen LogP) is 4.20. The molecule has 0 bridgehead atoms. The second-order valence-electron chi connectivity index (χ2n) is 7.10. The van der Waals surface area contributed by atoms with Crippen molar-refractivity contribution in [1.82, 2.24) is 10.2 Å². The van der Waals surface area contributed by atoms with Crippen LogP contribution in [0.3, 0.4) is 0 Å². The van der Waals surface area contributed by atoms with Gasteiger partial charge in [-0.1, -0.05) is 39.5 Å². The highest BCUT2D eigenvalue weighted by Gasteiger charge is 2.31. The third-order valence-corrected chi connectivity index (χ3v) is 5.38. The molecule has 2 heteroatoms. The van der Waals surface area contributed by atoms with Gasteiger partial charge >= 0.3 is 0 Å². The zero-order chi connectivity index (χ0) is 14.2. The van der Waals surface area contributed by atoms with Gasteiger partial charge in [-0.2, -0.15) is 0 Å². The second-order valence-corrected chi connectivity index (χ2v) is 7.10. The molecule has 1 saturated heterocycles. The lowest BCUT2D eigenvalue weighted by Crippen LogP contribution is -2.53. The van der Waals surface area contributed by atoms with Gasteiger partial charge in [-0.3, -0.25) is 0 Å². The van der Waals surface area contributed by atoms with E-state index in [1.54, 1.807) is 0 Å². The maximum atomic E-state index is 4.00. The molecular formula is C18H36N2. The molecule has 0 spiro atoms. The van der Waals surface area contributed by atoms with E-state index in [4.69, 9.17) is 0 Å². The van der Waals surface area contributed by atoms with Gasteiger partial charge in [-0.15, -0.1) is 0 Å². The molecule has 1 aliphatic carbocycles. The Balaban J connectivity index is 1.76. The Labute approximate surface area is 126 Å². The zero-order valence-corrected chi connectivity index (χ0v) is 13.9. The average Bonchev–Trinajstić information content (AvgIpc) is 2.50. The number of unbranched alkanes of at least 4 members (excludes halogenated alkanes) is 2. The fourth-order valence-electron chi connectivity index (χ4n) is 4.09. The van der Waals surface area contributed by atoms with Crippen LogP contribution in [0.25, 0.3) is 0 Å². The van der Waals surface area contributed by atoms with Crippen LogP contribution in [0.1, 0.15) is 78.1 Å². The molecule has 118 valence electrons. The summed E-state index contributed by atoms with van der Waals surface area (Å²) in [4.78, 5) is 2.73. The zero-order valence-electron chi connectivity index (χ0n) is 13.9. The van der Waals surface area contributed by atoms with Crippen LogP contribution in [0.2, 0.25) is 0 Å². The predicted molar refractivity (Wildman–Crippen MR) is 88.2 cm³/mol. The van der Waals surface area contributed by atoms with Crippen LogP contribution in [-0.4, -0.2) is 36.6 Å². The number of hydrogen-bond acceptors (Lipinski definition) is 2. The third kappa shape index (κ3) is 5.04. The summed E-state index contributed by atoms with van der Waals surface area (Å²) < 4.78 is 0. The molecule has 2 rings (SSSR count). The van der Waals surface area contributed by atoms with Crippen molar-refractivity contribution >= 4 is 0 Å². The van der Waals surface area contributed by atoms with E-state index in [1.165, 1.54) is 83.8 Å². The van der Waals surface area contributed by atoms with Crippen molar-refractivity contribution in [2.45, 2.75) is 90.1 Å². The van der Waals surface area contributed by atoms with Gasteiger partial charge in [0, 0.05) is 18.6 Å². The normalized spacial score (nSPS) is 30.4. The van der Waals surface area contributed by atoms with E-state index in [1.807, 2.05) is 0 Å². The van der Waals surface area contributed by atoms with Crippen molar-refractivity contribution in [3.05, 3.63) is 0 Å². The van der Waals surface area contributed by atoms with Crippen molar-refractivity contribution < 1.29 is 0 Å². The van der Waals surface area contributed by atoms with E-state index in [0.717, 1.165) is 18.0 Å². The van der Waals surface area contributed by atoms with Crippen LogP contribution < -0.4 is 5.32 Å². The highest BCUT2D eigenvalue weighted by Crippen LogP contribution is 2.32. The Morgan fingerprint density at radius 2 is 1.60 bits per heavy atom. The molecule has 1 saturated carbocycles. The molecule has 0 radical (unpaired) electrons. The van der Waals surface area contributed by atoms with Gasteiger partial charge in [0.2, 0.25) is 0 Å². The summed E-state index contributed by atoms with van der Waals surface area (Å²) in [7, 11) is 0. The molecule has 0 aromatic carbocycles. The highest BCUT2D eigenvalue weighted by molar-refractivity contribution is 4.90. The van der Waals surface area contributed by atoms with E-state index >= 15 is 0 Å². The van der Waals surface area contributed by atoms with Gasteiger partial charge in [0.05, 0.1) is 0 Å². The van der Waals surface area contributed by atoms with Crippen LogP contribution in [0, 0.1) is 5.92 Å². The lowest BCUT2D eigenvalue weighted by atomic mass is 9.77. The maximum absolute atomic E-state index is 4.00. The van der Waals surface area contributed by atoms with Gasteiger partial charge in [-0.25, -0.2) is 0 Å². The SMILES string of the molecule is CCCCN(CCCC)CC1CCC2CCCCC2N1. The summed E-state index contributed by atoms with van der Waals surface area (Å²) >= 11 is 0. The first kappa shape index (κ1) is 16.3. The van der Waals surface area contributed by atoms with Gasteiger partial charge in [0.25, 0.3) is 0 Å². The van der Waals surface area contributed by atoms with Gasteiger partial charge < -0.3 is 10.2 Å². The van der Waals surface area contributed by atoms with Crippen LogP contribution >= 0.6 is 0 Å². The quantitative estimate of drug-likeness (QED) is 0.717. The summed E-state index contributed by atoms with van der Waals surface area (Å²) in [6.07, 6.45) is 14.1. The lowest BCUT2D eigenvalue weighted by molar-refractivity contribution is 0.142. The van der Waals surface area contributed by atoms with Gasteiger partial charge in [0.15, 0.2) is 0 Å². The topological polar surface area (TPSA) is 15.3 Å². The molecule has 3 atom stereocenters. The number of hydrogen-bond donors (Lipinski definition) is 1. The van der Waals surface area contributed by atoms with E-state index in [0.29, 0.717) is 0 Å². The Hall–Kier alpha value is -0.0800. The standard InChI is InChI=1S/C18H36N2/c1-3-5-13-20(14-6-4-2)15-17-12-11-16-9-7-8-10-18(16)19-17/h16-19H,3-15H2,1-2H3. The van der Waals surface area contributed by atoms with E-state index in [9.17, 15) is 0 Å². The van der Waals surface area contributed by atoms with Crippen molar-refractivity contribution in [1.29, 1.82) is 0 Å². The molecular weight excluding hydrogens is 244 g/mol. The van der Waals surface area contributed by atoms with Crippen molar-refractivity contribution in [2.24, 2.45) is 5.92 Å². The molecule has 0 aromatic rings. The van der Waals surface area contributed by atoms with Crippen molar-refractivity contribution in [3.8, 4) is 0 Å². The Morgan fingerprint density at radius 1 is 0.900 bits per heavy atom. The summed E-state index contributed by atoms with van der Waals surface area (Å²) in [6, 6.07) is 1.62. The molecule has 1 heterocycles. The smallest absolute Gasteiger partial charge is 0.0197 e. The molecule has 1 aliphatic heterocycles. The molecule has 0 amide bonds. The number of nitrogens with one attached hydrogen (secondary N) is 1. The summed E-state index contributed by atoms with van der Waals surface area (Å²) in [6.45, 7) is 8.53. The minimum absolute atomic E-state index is 0.767. The summed E-state index contributed by atoms with van der Waals surface area (Å²) in [5.41, 5.74) is 0. The molecule has 20 heavy (non-hydrogen) atoms. The summed E-state index contributed by atoms with van der Waals surface area (Å²) in [5.74, 6) is 1.000. The van der Waals surface area contributed by atoms with Crippen LogP contribution in [0.5, 0.6) is 0 Å². The minimum atomic E-state index is 0.767. The fraction of sp³-hybridized carbons (Fsp3) is 1.00. The van der Waals surface area contributed by atoms with Gasteiger partial charge in [-0.05, 0) is 57.5 Å². The molecule has 2 aliphatic rings. The Morgan fingerprint density at radius 3 is 2.30 bits per heavy atom. The number of fused-ring (bicyclic) bond motifs is 1. The first-order chi connectivity index (χ1) is 9.83. The lowest BCUT2D eigenvalue weighted by Gasteiger charge is -2.42. The number of nitrogens with zero attached hydrogens (tertiary/aromatic N) is 1. The van der Waals surface area contributed by atoms with E-state index in [-0.39, 0.29) is 0 Å². The van der Waals surface area contributed by atoms with Gasteiger partial charge in [0.1, 0.15) is 0 Å². The van der Waals surface area contributed by atoms with Crippen LogP contribution in [-0.2, 0) is 0 Å². The fourth-order valence-corrected chi connectivity index (χ4v) is 4.09. The molecule has 2 nitrogen and oxygen atoms in total. The van der Waals surface area contributed by atoms with Crippen LogP contribution in [0.15, 0.2) is 0 Å². The van der Waals surface area contributed by atoms with Crippen molar-refractivity contribution in [3.63, 3.8) is 0 Å². The van der Waals surface area contributed by atoms with Crippen molar-refractivity contribution in [2.75, 3.05) is 19.6 Å². The van der Waals surface area contributed by atoms with E-state index < -0.39 is 0 Å².